The molecule has 0 fully saturated rings. The number of rotatable bonds is 4. The van der Waals surface area contributed by atoms with E-state index < -0.39 is 0 Å². The Morgan fingerprint density at radius 3 is 2.65 bits per heavy atom. The second kappa shape index (κ2) is 5.57. The van der Waals surface area contributed by atoms with Crippen LogP contribution < -0.4 is 5.73 Å². The van der Waals surface area contributed by atoms with Gasteiger partial charge in [-0.05, 0) is 31.0 Å². The highest BCUT2D eigenvalue weighted by molar-refractivity contribution is 5.99. The Labute approximate surface area is 102 Å². The lowest BCUT2D eigenvalue weighted by molar-refractivity contribution is 0.0746. The molecule has 0 saturated carbocycles. The Kier molecular flexibility index (Phi) is 4.37. The monoisotopic (exact) mass is 236 g/mol. The molecule has 0 unspecified atom stereocenters. The molecule has 1 rings (SSSR count). The number of amides is 1. The van der Waals surface area contributed by atoms with Crippen LogP contribution in [0.25, 0.3) is 0 Å². The molecule has 3 N–H and O–H groups in total. The van der Waals surface area contributed by atoms with Gasteiger partial charge in [-0.1, -0.05) is 13.8 Å². The molecule has 0 aliphatic carbocycles. The molecule has 0 bridgehead atoms. The van der Waals surface area contributed by atoms with Gasteiger partial charge in [-0.25, -0.2) is 0 Å². The summed E-state index contributed by atoms with van der Waals surface area (Å²) in [5.41, 5.74) is 6.52. The summed E-state index contributed by atoms with van der Waals surface area (Å²) in [6.07, 6.45) is 0. The number of phenolic OH excluding ortho intramolecular Hbond substituents is 1. The van der Waals surface area contributed by atoms with Gasteiger partial charge in [0.2, 0.25) is 0 Å². The number of anilines is 1. The summed E-state index contributed by atoms with van der Waals surface area (Å²) in [7, 11) is 0. The van der Waals surface area contributed by atoms with Crippen LogP contribution >= 0.6 is 0 Å². The molecule has 0 spiro atoms. The number of benzene rings is 1. The number of phenols is 1. The van der Waals surface area contributed by atoms with E-state index in [1.165, 1.54) is 12.1 Å². The Bertz CT molecular complexity index is 402. The average molecular weight is 236 g/mol. The molecule has 0 aliphatic heterocycles. The first-order valence-electron chi connectivity index (χ1n) is 5.83. The predicted molar refractivity (Wildman–Crippen MR) is 68.9 cm³/mol. The van der Waals surface area contributed by atoms with Crippen molar-refractivity contribution in [3.05, 3.63) is 23.8 Å². The zero-order valence-corrected chi connectivity index (χ0v) is 10.6. The maximum Gasteiger partial charge on any atom is 0.256 e. The van der Waals surface area contributed by atoms with Gasteiger partial charge in [0.15, 0.2) is 0 Å². The molecule has 1 aromatic rings. The van der Waals surface area contributed by atoms with Gasteiger partial charge in [0.1, 0.15) is 5.75 Å². The molecule has 0 saturated heterocycles. The molecule has 0 radical (unpaired) electrons. The zero-order chi connectivity index (χ0) is 13.0. The largest absolute Gasteiger partial charge is 0.508 e. The fraction of sp³-hybridized carbons (Fsp3) is 0.462. The quantitative estimate of drug-likeness (QED) is 0.621. The van der Waals surface area contributed by atoms with Crippen LogP contribution in [0.5, 0.6) is 5.75 Å². The third kappa shape index (κ3) is 3.37. The summed E-state index contributed by atoms with van der Waals surface area (Å²) in [5, 5.41) is 9.40. The van der Waals surface area contributed by atoms with Crippen LogP contribution in [0.2, 0.25) is 0 Å². The number of nitrogen functional groups attached to an aromatic ring is 1. The number of nitrogens with two attached hydrogens (primary N) is 1. The molecule has 0 atom stereocenters. The van der Waals surface area contributed by atoms with Gasteiger partial charge in [0.05, 0.1) is 5.56 Å². The summed E-state index contributed by atoms with van der Waals surface area (Å²) in [6.45, 7) is 7.36. The third-order valence-electron chi connectivity index (χ3n) is 2.52. The van der Waals surface area contributed by atoms with Crippen molar-refractivity contribution in [2.45, 2.75) is 20.8 Å². The van der Waals surface area contributed by atoms with E-state index in [1.54, 1.807) is 11.0 Å². The van der Waals surface area contributed by atoms with Gasteiger partial charge in [0, 0.05) is 18.8 Å². The highest BCUT2D eigenvalue weighted by Gasteiger charge is 2.18. The van der Waals surface area contributed by atoms with Crippen LogP contribution in [0.1, 0.15) is 31.1 Å². The fourth-order valence-electron chi connectivity index (χ4n) is 1.70. The van der Waals surface area contributed by atoms with Crippen molar-refractivity contribution in [3.8, 4) is 5.75 Å². The lowest BCUT2D eigenvalue weighted by Gasteiger charge is -2.23. The first-order valence-corrected chi connectivity index (χ1v) is 5.83. The molecule has 0 aromatic heterocycles. The van der Waals surface area contributed by atoms with E-state index in [0.717, 1.165) is 0 Å². The average Bonchev–Trinajstić information content (AvgIpc) is 2.28. The van der Waals surface area contributed by atoms with Gasteiger partial charge < -0.3 is 15.7 Å². The normalized spacial score (nSPS) is 10.6. The van der Waals surface area contributed by atoms with E-state index in [-0.39, 0.29) is 11.7 Å². The molecule has 4 nitrogen and oxygen atoms in total. The van der Waals surface area contributed by atoms with Crippen molar-refractivity contribution in [1.29, 1.82) is 0 Å². The second-order valence-electron chi connectivity index (χ2n) is 4.51. The predicted octanol–water partition coefficient (Wildman–Crippen LogP) is 2.09. The number of hydrogen-bond donors (Lipinski definition) is 2. The minimum absolute atomic E-state index is 0.0585. The Morgan fingerprint density at radius 1 is 1.47 bits per heavy atom. The Hall–Kier alpha value is -1.71. The highest BCUT2D eigenvalue weighted by atomic mass is 16.3. The first-order chi connectivity index (χ1) is 7.95. The van der Waals surface area contributed by atoms with Crippen molar-refractivity contribution >= 4 is 11.6 Å². The first kappa shape index (κ1) is 13.4. The van der Waals surface area contributed by atoms with Crippen molar-refractivity contribution in [2.75, 3.05) is 18.8 Å². The fourth-order valence-corrected chi connectivity index (χ4v) is 1.70. The molecule has 1 amide bonds. The van der Waals surface area contributed by atoms with E-state index in [4.69, 9.17) is 5.73 Å². The third-order valence-corrected chi connectivity index (χ3v) is 2.52. The summed E-state index contributed by atoms with van der Waals surface area (Å²) in [5.74, 6) is 0.329. The van der Waals surface area contributed by atoms with Crippen molar-refractivity contribution in [3.63, 3.8) is 0 Å². The molecule has 94 valence electrons. The molecular weight excluding hydrogens is 216 g/mol. The summed E-state index contributed by atoms with van der Waals surface area (Å²) < 4.78 is 0. The number of carbonyl (C=O) groups is 1. The van der Waals surface area contributed by atoms with E-state index >= 15 is 0 Å². The van der Waals surface area contributed by atoms with Gasteiger partial charge in [-0.15, -0.1) is 0 Å². The minimum atomic E-state index is -0.130. The van der Waals surface area contributed by atoms with Gasteiger partial charge in [-0.2, -0.15) is 0 Å². The van der Waals surface area contributed by atoms with Crippen molar-refractivity contribution in [1.82, 2.24) is 4.90 Å². The minimum Gasteiger partial charge on any atom is -0.508 e. The topological polar surface area (TPSA) is 66.6 Å². The molecule has 4 heteroatoms. The maximum atomic E-state index is 12.2. The van der Waals surface area contributed by atoms with Crippen LogP contribution in [0.3, 0.4) is 0 Å². The molecular formula is C13H20N2O2. The Balaban J connectivity index is 2.97. The lowest BCUT2D eigenvalue weighted by Crippen LogP contribution is -2.34. The van der Waals surface area contributed by atoms with Crippen molar-refractivity contribution < 1.29 is 9.90 Å². The van der Waals surface area contributed by atoms with E-state index in [2.05, 4.69) is 13.8 Å². The van der Waals surface area contributed by atoms with Gasteiger partial charge in [0.25, 0.3) is 5.91 Å². The number of hydrogen-bond acceptors (Lipinski definition) is 3. The van der Waals surface area contributed by atoms with Gasteiger partial charge in [-0.3, -0.25) is 4.79 Å². The van der Waals surface area contributed by atoms with E-state index in [9.17, 15) is 9.90 Å². The van der Waals surface area contributed by atoms with Crippen LogP contribution in [0.4, 0.5) is 5.69 Å². The second-order valence-corrected chi connectivity index (χ2v) is 4.51. The SMILES string of the molecule is CCN(CC(C)C)C(=O)c1cc(O)ccc1N. The smallest absolute Gasteiger partial charge is 0.256 e. The molecule has 0 aliphatic rings. The highest BCUT2D eigenvalue weighted by Crippen LogP contribution is 2.20. The van der Waals surface area contributed by atoms with Gasteiger partial charge >= 0.3 is 0 Å². The van der Waals surface area contributed by atoms with E-state index in [1.807, 2.05) is 6.92 Å². The number of aromatic hydroxyl groups is 1. The number of nitrogens with zero attached hydrogens (tertiary/aromatic N) is 1. The van der Waals surface area contributed by atoms with Crippen LogP contribution in [-0.4, -0.2) is 29.0 Å². The summed E-state index contributed by atoms with van der Waals surface area (Å²) >= 11 is 0. The summed E-state index contributed by atoms with van der Waals surface area (Å²) in [6, 6.07) is 4.44. The zero-order valence-electron chi connectivity index (χ0n) is 10.6. The van der Waals surface area contributed by atoms with E-state index in [0.29, 0.717) is 30.3 Å². The molecule has 1 aromatic carbocycles. The molecule has 17 heavy (non-hydrogen) atoms. The standard InChI is InChI=1S/C13H20N2O2/c1-4-15(8-9(2)3)13(17)11-7-10(16)5-6-12(11)14/h5-7,9,16H,4,8,14H2,1-3H3. The molecule has 0 heterocycles. The maximum absolute atomic E-state index is 12.2. The summed E-state index contributed by atoms with van der Waals surface area (Å²) in [4.78, 5) is 14.0. The van der Waals surface area contributed by atoms with Crippen LogP contribution in [0.15, 0.2) is 18.2 Å². The Morgan fingerprint density at radius 2 is 2.12 bits per heavy atom. The van der Waals surface area contributed by atoms with Crippen LogP contribution in [0, 0.1) is 5.92 Å². The van der Waals surface area contributed by atoms with Crippen molar-refractivity contribution in [2.24, 2.45) is 5.92 Å². The lowest BCUT2D eigenvalue weighted by atomic mass is 10.1. The van der Waals surface area contributed by atoms with Crippen LogP contribution in [-0.2, 0) is 0 Å². The number of carbonyl (C=O) groups excluding carboxylic acids is 1.